The normalized spacial score (nSPS) is 11.2. The molecule has 0 aliphatic rings. The Bertz CT molecular complexity index is 727. The molecule has 0 aromatic heterocycles. The molecule has 2 rings (SSSR count). The third-order valence-electron chi connectivity index (χ3n) is 2.82. The first-order chi connectivity index (χ1) is 9.92. The second kappa shape index (κ2) is 6.65. The number of aryl methyl sites for hydroxylation is 1. The van der Waals surface area contributed by atoms with E-state index in [0.29, 0.717) is 18.0 Å². The Labute approximate surface area is 138 Å². The van der Waals surface area contributed by atoms with Gasteiger partial charge in [0, 0.05) is 3.57 Å². The van der Waals surface area contributed by atoms with Crippen LogP contribution in [0.15, 0.2) is 47.4 Å². The molecule has 21 heavy (non-hydrogen) atoms. The number of hydrogen-bond acceptors (Lipinski definition) is 3. The Balaban J connectivity index is 2.36. The fourth-order valence-electron chi connectivity index (χ4n) is 1.78. The summed E-state index contributed by atoms with van der Waals surface area (Å²) in [6.07, 6.45) is 0. The van der Waals surface area contributed by atoms with Crippen LogP contribution in [0.1, 0.15) is 12.5 Å². The van der Waals surface area contributed by atoms with E-state index in [9.17, 15) is 8.42 Å². The zero-order chi connectivity index (χ0) is 15.5. The van der Waals surface area contributed by atoms with Gasteiger partial charge >= 0.3 is 0 Å². The van der Waals surface area contributed by atoms with Crippen molar-refractivity contribution in [2.24, 2.45) is 0 Å². The second-order valence-corrected chi connectivity index (χ2v) is 7.42. The predicted octanol–water partition coefficient (Wildman–Crippen LogP) is 3.80. The average molecular weight is 417 g/mol. The molecule has 0 spiro atoms. The standard InChI is InChI=1S/C15H16INO3S/c1-3-20-15-9-6-12(16)10-14(15)17-21(18,19)13-7-4-11(2)5-8-13/h4-10,17H,3H2,1-2H3. The largest absolute Gasteiger partial charge is 0.492 e. The minimum Gasteiger partial charge on any atom is -0.492 e. The summed E-state index contributed by atoms with van der Waals surface area (Å²) >= 11 is 2.13. The summed E-state index contributed by atoms with van der Waals surface area (Å²) in [6.45, 7) is 4.24. The summed E-state index contributed by atoms with van der Waals surface area (Å²) in [5.41, 5.74) is 1.46. The van der Waals surface area contributed by atoms with Gasteiger partial charge in [-0.2, -0.15) is 0 Å². The number of benzene rings is 2. The van der Waals surface area contributed by atoms with Gasteiger partial charge in [0.15, 0.2) is 0 Å². The maximum absolute atomic E-state index is 12.4. The summed E-state index contributed by atoms with van der Waals surface area (Å²) in [6, 6.07) is 12.1. The number of hydrogen-bond donors (Lipinski definition) is 1. The molecule has 6 heteroatoms. The van der Waals surface area contributed by atoms with Gasteiger partial charge in [-0.25, -0.2) is 8.42 Å². The van der Waals surface area contributed by atoms with E-state index in [1.807, 2.05) is 19.9 Å². The van der Waals surface area contributed by atoms with E-state index in [4.69, 9.17) is 4.74 Å². The molecule has 1 N–H and O–H groups in total. The summed E-state index contributed by atoms with van der Waals surface area (Å²) in [5.74, 6) is 0.522. The van der Waals surface area contributed by atoms with Crippen LogP contribution >= 0.6 is 22.6 Å². The highest BCUT2D eigenvalue weighted by molar-refractivity contribution is 14.1. The lowest BCUT2D eigenvalue weighted by Gasteiger charge is -2.13. The van der Waals surface area contributed by atoms with Crippen LogP contribution in [0.25, 0.3) is 0 Å². The summed E-state index contributed by atoms with van der Waals surface area (Å²) in [7, 11) is -3.62. The molecule has 0 amide bonds. The van der Waals surface area contributed by atoms with Gasteiger partial charge in [-0.3, -0.25) is 4.72 Å². The number of anilines is 1. The average Bonchev–Trinajstić information content (AvgIpc) is 2.42. The highest BCUT2D eigenvalue weighted by Gasteiger charge is 2.16. The molecule has 2 aromatic carbocycles. The smallest absolute Gasteiger partial charge is 0.262 e. The minimum absolute atomic E-state index is 0.231. The molecule has 112 valence electrons. The summed E-state index contributed by atoms with van der Waals surface area (Å²) in [4.78, 5) is 0.231. The van der Waals surface area contributed by atoms with Gasteiger partial charge in [0.05, 0.1) is 17.2 Å². The lowest BCUT2D eigenvalue weighted by Crippen LogP contribution is -2.14. The molecule has 4 nitrogen and oxygen atoms in total. The number of sulfonamides is 1. The first-order valence-electron chi connectivity index (χ1n) is 6.44. The molecule has 0 aliphatic heterocycles. The van der Waals surface area contributed by atoms with Crippen LogP contribution in [-0.4, -0.2) is 15.0 Å². The van der Waals surface area contributed by atoms with Crippen molar-refractivity contribution >= 4 is 38.3 Å². The first kappa shape index (κ1) is 16.1. The number of nitrogens with one attached hydrogen (secondary N) is 1. The van der Waals surface area contributed by atoms with Gasteiger partial charge in [0.25, 0.3) is 10.0 Å². The van der Waals surface area contributed by atoms with Crippen molar-refractivity contribution in [1.29, 1.82) is 0 Å². The monoisotopic (exact) mass is 417 g/mol. The van der Waals surface area contributed by atoms with Crippen LogP contribution in [0.3, 0.4) is 0 Å². The van der Waals surface area contributed by atoms with Gasteiger partial charge in [0.1, 0.15) is 5.75 Å². The molecule has 0 aliphatic carbocycles. The molecule has 0 heterocycles. The van der Waals surface area contributed by atoms with Crippen LogP contribution in [-0.2, 0) is 10.0 Å². The van der Waals surface area contributed by atoms with Crippen LogP contribution in [0.2, 0.25) is 0 Å². The van der Waals surface area contributed by atoms with Crippen LogP contribution in [0.4, 0.5) is 5.69 Å². The molecule has 0 fully saturated rings. The SMILES string of the molecule is CCOc1ccc(I)cc1NS(=O)(=O)c1ccc(C)cc1. The van der Waals surface area contributed by atoms with Crippen LogP contribution in [0.5, 0.6) is 5.75 Å². The number of rotatable bonds is 5. The predicted molar refractivity (Wildman–Crippen MR) is 92.3 cm³/mol. The van der Waals surface area contributed by atoms with Gasteiger partial charge < -0.3 is 4.74 Å². The fraction of sp³-hybridized carbons (Fsp3) is 0.200. The van der Waals surface area contributed by atoms with Crippen LogP contribution < -0.4 is 9.46 Å². The van der Waals surface area contributed by atoms with Crippen molar-refractivity contribution in [1.82, 2.24) is 0 Å². The Morgan fingerprint density at radius 2 is 1.81 bits per heavy atom. The quantitative estimate of drug-likeness (QED) is 0.754. The number of ether oxygens (including phenoxy) is 1. The summed E-state index contributed by atoms with van der Waals surface area (Å²) in [5, 5.41) is 0. The zero-order valence-corrected chi connectivity index (χ0v) is 14.7. The minimum atomic E-state index is -3.62. The highest BCUT2D eigenvalue weighted by atomic mass is 127. The van der Waals surface area contributed by atoms with Crippen molar-refractivity contribution in [3.05, 3.63) is 51.6 Å². The lowest BCUT2D eigenvalue weighted by molar-refractivity contribution is 0.342. The van der Waals surface area contributed by atoms with Gasteiger partial charge in [-0.1, -0.05) is 17.7 Å². The van der Waals surface area contributed by atoms with E-state index < -0.39 is 10.0 Å². The molecule has 2 aromatic rings. The van der Waals surface area contributed by atoms with E-state index >= 15 is 0 Å². The fourth-order valence-corrected chi connectivity index (χ4v) is 3.34. The molecule has 0 saturated carbocycles. The van der Waals surface area contributed by atoms with E-state index in [1.165, 1.54) is 0 Å². The first-order valence-corrected chi connectivity index (χ1v) is 9.00. The van der Waals surface area contributed by atoms with E-state index in [2.05, 4.69) is 27.3 Å². The summed E-state index contributed by atoms with van der Waals surface area (Å²) < 4.78 is 33.8. The van der Waals surface area contributed by atoms with Crippen molar-refractivity contribution in [2.75, 3.05) is 11.3 Å². The van der Waals surface area contributed by atoms with Crippen molar-refractivity contribution < 1.29 is 13.2 Å². The van der Waals surface area contributed by atoms with Gasteiger partial charge in [-0.05, 0) is 66.8 Å². The van der Waals surface area contributed by atoms with E-state index in [1.54, 1.807) is 36.4 Å². The molecule has 0 saturated heterocycles. The van der Waals surface area contributed by atoms with E-state index in [-0.39, 0.29) is 4.90 Å². The molecular weight excluding hydrogens is 401 g/mol. The maximum Gasteiger partial charge on any atom is 0.262 e. The third kappa shape index (κ3) is 4.10. The molecule has 0 radical (unpaired) electrons. The van der Waals surface area contributed by atoms with Crippen molar-refractivity contribution in [3.63, 3.8) is 0 Å². The topological polar surface area (TPSA) is 55.4 Å². The molecular formula is C15H16INO3S. The second-order valence-electron chi connectivity index (χ2n) is 4.49. The van der Waals surface area contributed by atoms with Crippen molar-refractivity contribution in [2.45, 2.75) is 18.7 Å². The third-order valence-corrected chi connectivity index (χ3v) is 4.87. The molecule has 0 unspecified atom stereocenters. The maximum atomic E-state index is 12.4. The van der Waals surface area contributed by atoms with Gasteiger partial charge in [-0.15, -0.1) is 0 Å². The lowest BCUT2D eigenvalue weighted by atomic mass is 10.2. The Morgan fingerprint density at radius 3 is 2.43 bits per heavy atom. The molecule has 0 atom stereocenters. The Morgan fingerprint density at radius 1 is 1.14 bits per heavy atom. The van der Waals surface area contributed by atoms with Gasteiger partial charge in [0.2, 0.25) is 0 Å². The van der Waals surface area contributed by atoms with Crippen LogP contribution in [0, 0.1) is 10.5 Å². The number of halogens is 1. The Kier molecular flexibility index (Phi) is 5.10. The molecule has 0 bridgehead atoms. The Hall–Kier alpha value is -1.28. The van der Waals surface area contributed by atoms with E-state index in [0.717, 1.165) is 9.13 Å². The van der Waals surface area contributed by atoms with Crippen molar-refractivity contribution in [3.8, 4) is 5.75 Å². The zero-order valence-electron chi connectivity index (χ0n) is 11.8. The highest BCUT2D eigenvalue weighted by Crippen LogP contribution is 2.29.